The molecular formula is C11H11N3. The molecule has 0 aliphatic heterocycles. The van der Waals surface area contributed by atoms with E-state index in [-0.39, 0.29) is 0 Å². The van der Waals surface area contributed by atoms with Crippen LogP contribution in [-0.4, -0.2) is 9.97 Å². The average Bonchev–Trinajstić information content (AvgIpc) is 2.30. The minimum absolute atomic E-state index is 0.557. The fourth-order valence-electron chi connectivity index (χ4n) is 1.33. The molecule has 3 nitrogen and oxygen atoms in total. The zero-order chi connectivity index (χ0) is 9.80. The minimum Gasteiger partial charge on any atom is -0.326 e. The molecule has 0 fully saturated rings. The van der Waals surface area contributed by atoms with E-state index in [1.807, 2.05) is 18.2 Å². The summed E-state index contributed by atoms with van der Waals surface area (Å²) in [6, 6.07) is 8.08. The number of rotatable bonds is 2. The van der Waals surface area contributed by atoms with Crippen LogP contribution in [0.25, 0.3) is 11.1 Å². The summed E-state index contributed by atoms with van der Waals surface area (Å²) in [5.41, 5.74) is 8.80. The third-order valence-corrected chi connectivity index (χ3v) is 2.06. The van der Waals surface area contributed by atoms with E-state index in [1.54, 1.807) is 12.4 Å². The summed E-state index contributed by atoms with van der Waals surface area (Å²) in [4.78, 5) is 7.95. The van der Waals surface area contributed by atoms with Crippen molar-refractivity contribution < 1.29 is 0 Å². The van der Waals surface area contributed by atoms with Gasteiger partial charge in [0.25, 0.3) is 0 Å². The van der Waals surface area contributed by atoms with Crippen molar-refractivity contribution in [2.75, 3.05) is 0 Å². The Morgan fingerprint density at radius 3 is 2.57 bits per heavy atom. The summed E-state index contributed by atoms with van der Waals surface area (Å²) < 4.78 is 0. The molecule has 0 amide bonds. The van der Waals surface area contributed by atoms with Crippen LogP contribution in [0.5, 0.6) is 0 Å². The maximum atomic E-state index is 5.57. The third kappa shape index (κ3) is 1.78. The predicted molar refractivity (Wildman–Crippen MR) is 55.4 cm³/mol. The monoisotopic (exact) mass is 185 g/mol. The van der Waals surface area contributed by atoms with E-state index in [4.69, 9.17) is 5.73 Å². The molecule has 3 heteroatoms. The van der Waals surface area contributed by atoms with Crippen molar-refractivity contribution in [1.82, 2.24) is 9.97 Å². The van der Waals surface area contributed by atoms with Crippen LogP contribution in [0.1, 0.15) is 5.56 Å². The van der Waals surface area contributed by atoms with E-state index >= 15 is 0 Å². The Labute approximate surface area is 82.6 Å². The highest BCUT2D eigenvalue weighted by molar-refractivity contribution is 5.62. The number of benzene rings is 1. The molecule has 0 radical (unpaired) electrons. The van der Waals surface area contributed by atoms with Gasteiger partial charge in [-0.25, -0.2) is 9.97 Å². The van der Waals surface area contributed by atoms with Gasteiger partial charge in [-0.2, -0.15) is 0 Å². The zero-order valence-electron chi connectivity index (χ0n) is 7.72. The van der Waals surface area contributed by atoms with Crippen molar-refractivity contribution in [3.05, 3.63) is 48.5 Å². The van der Waals surface area contributed by atoms with E-state index in [0.717, 1.165) is 16.7 Å². The maximum Gasteiger partial charge on any atom is 0.115 e. The van der Waals surface area contributed by atoms with Gasteiger partial charge < -0.3 is 5.73 Å². The number of nitrogens with zero attached hydrogens (tertiary/aromatic N) is 2. The second-order valence-electron chi connectivity index (χ2n) is 3.03. The highest BCUT2D eigenvalue weighted by atomic mass is 14.8. The molecule has 2 rings (SSSR count). The van der Waals surface area contributed by atoms with Gasteiger partial charge in [0.15, 0.2) is 0 Å². The van der Waals surface area contributed by atoms with E-state index < -0.39 is 0 Å². The third-order valence-electron chi connectivity index (χ3n) is 2.06. The van der Waals surface area contributed by atoms with Crippen LogP contribution in [0.15, 0.2) is 43.0 Å². The smallest absolute Gasteiger partial charge is 0.115 e. The molecule has 1 heterocycles. The maximum absolute atomic E-state index is 5.57. The lowest BCUT2D eigenvalue weighted by Gasteiger charge is -2.02. The number of aromatic nitrogens is 2. The molecule has 1 aromatic carbocycles. The van der Waals surface area contributed by atoms with E-state index in [9.17, 15) is 0 Å². The number of hydrogen-bond acceptors (Lipinski definition) is 3. The lowest BCUT2D eigenvalue weighted by Crippen LogP contribution is -1.95. The first-order chi connectivity index (χ1) is 6.90. The Balaban J connectivity index is 2.42. The van der Waals surface area contributed by atoms with Gasteiger partial charge in [-0.3, -0.25) is 0 Å². The van der Waals surface area contributed by atoms with Gasteiger partial charge in [0, 0.05) is 24.5 Å². The molecule has 0 aliphatic rings. The zero-order valence-corrected chi connectivity index (χ0v) is 7.72. The normalized spacial score (nSPS) is 10.1. The van der Waals surface area contributed by atoms with Crippen LogP contribution in [0.3, 0.4) is 0 Å². The van der Waals surface area contributed by atoms with Crippen LogP contribution < -0.4 is 5.73 Å². The van der Waals surface area contributed by atoms with Crippen molar-refractivity contribution in [2.45, 2.75) is 6.54 Å². The van der Waals surface area contributed by atoms with Crippen LogP contribution in [0.4, 0.5) is 0 Å². The Kier molecular flexibility index (Phi) is 2.51. The van der Waals surface area contributed by atoms with Crippen molar-refractivity contribution in [3.8, 4) is 11.1 Å². The van der Waals surface area contributed by atoms with Gasteiger partial charge in [-0.1, -0.05) is 18.2 Å². The summed E-state index contributed by atoms with van der Waals surface area (Å²) in [5, 5.41) is 0. The van der Waals surface area contributed by atoms with Crippen LogP contribution in [-0.2, 0) is 6.54 Å². The summed E-state index contributed by atoms with van der Waals surface area (Å²) in [5.74, 6) is 0. The SMILES string of the molecule is NCc1cccc(-c2cncnc2)c1. The fraction of sp³-hybridized carbons (Fsp3) is 0.0909. The largest absolute Gasteiger partial charge is 0.326 e. The number of nitrogens with two attached hydrogens (primary N) is 1. The molecule has 0 aliphatic carbocycles. The van der Waals surface area contributed by atoms with Crippen molar-refractivity contribution in [2.24, 2.45) is 5.73 Å². The lowest BCUT2D eigenvalue weighted by atomic mass is 10.1. The van der Waals surface area contributed by atoms with Crippen molar-refractivity contribution in [3.63, 3.8) is 0 Å². The van der Waals surface area contributed by atoms with Crippen molar-refractivity contribution in [1.29, 1.82) is 0 Å². The van der Waals surface area contributed by atoms with Gasteiger partial charge in [0.1, 0.15) is 6.33 Å². The molecule has 0 bridgehead atoms. The van der Waals surface area contributed by atoms with Crippen LogP contribution in [0, 0.1) is 0 Å². The highest BCUT2D eigenvalue weighted by Gasteiger charge is 1.97. The minimum atomic E-state index is 0.557. The molecule has 70 valence electrons. The quantitative estimate of drug-likeness (QED) is 0.773. The molecule has 0 saturated heterocycles. The first-order valence-corrected chi connectivity index (χ1v) is 4.44. The Hall–Kier alpha value is -1.74. The van der Waals surface area contributed by atoms with Gasteiger partial charge in [-0.15, -0.1) is 0 Å². The van der Waals surface area contributed by atoms with E-state index in [1.165, 1.54) is 6.33 Å². The molecule has 0 spiro atoms. The highest BCUT2D eigenvalue weighted by Crippen LogP contribution is 2.17. The molecule has 0 saturated carbocycles. The second-order valence-corrected chi connectivity index (χ2v) is 3.03. The molecule has 1 aromatic heterocycles. The Morgan fingerprint density at radius 1 is 1.07 bits per heavy atom. The fourth-order valence-corrected chi connectivity index (χ4v) is 1.33. The lowest BCUT2D eigenvalue weighted by molar-refractivity contribution is 1.07. The predicted octanol–water partition coefficient (Wildman–Crippen LogP) is 1.60. The molecular weight excluding hydrogens is 174 g/mol. The topological polar surface area (TPSA) is 51.8 Å². The van der Waals surface area contributed by atoms with Crippen LogP contribution in [0.2, 0.25) is 0 Å². The molecule has 0 unspecified atom stereocenters. The molecule has 14 heavy (non-hydrogen) atoms. The molecule has 2 N–H and O–H groups in total. The first kappa shape index (κ1) is 8.84. The Bertz CT molecular complexity index is 412. The number of hydrogen-bond donors (Lipinski definition) is 1. The molecule has 2 aromatic rings. The van der Waals surface area contributed by atoms with E-state index in [0.29, 0.717) is 6.54 Å². The van der Waals surface area contributed by atoms with Gasteiger partial charge >= 0.3 is 0 Å². The average molecular weight is 185 g/mol. The second kappa shape index (κ2) is 3.98. The van der Waals surface area contributed by atoms with Gasteiger partial charge in [-0.05, 0) is 17.2 Å². The first-order valence-electron chi connectivity index (χ1n) is 4.44. The summed E-state index contributed by atoms with van der Waals surface area (Å²) in [7, 11) is 0. The summed E-state index contributed by atoms with van der Waals surface area (Å²) >= 11 is 0. The van der Waals surface area contributed by atoms with Gasteiger partial charge in [0.2, 0.25) is 0 Å². The van der Waals surface area contributed by atoms with Crippen LogP contribution >= 0.6 is 0 Å². The van der Waals surface area contributed by atoms with Crippen molar-refractivity contribution >= 4 is 0 Å². The van der Waals surface area contributed by atoms with Gasteiger partial charge in [0.05, 0.1) is 0 Å². The molecule has 0 atom stereocenters. The standard InChI is InChI=1S/C11H11N3/c12-5-9-2-1-3-10(4-9)11-6-13-8-14-7-11/h1-4,6-8H,5,12H2. The summed E-state index contributed by atoms with van der Waals surface area (Å²) in [6.07, 6.45) is 5.11. The Morgan fingerprint density at radius 2 is 1.86 bits per heavy atom. The van der Waals surface area contributed by atoms with E-state index in [2.05, 4.69) is 16.0 Å². The summed E-state index contributed by atoms with van der Waals surface area (Å²) in [6.45, 7) is 0.557.